The van der Waals surface area contributed by atoms with Gasteiger partial charge in [0, 0.05) is 21.1 Å². The van der Waals surface area contributed by atoms with E-state index in [2.05, 4.69) is 148 Å². The van der Waals surface area contributed by atoms with E-state index in [0.717, 1.165) is 0 Å². The Morgan fingerprint density at radius 2 is 0.514 bits per heavy atom. The predicted octanol–water partition coefficient (Wildman–Crippen LogP) is 2.92. The summed E-state index contributed by atoms with van der Waals surface area (Å²) in [6.07, 6.45) is 0. The monoisotopic (exact) mass is 784 g/mol. The van der Waals surface area contributed by atoms with E-state index in [1.165, 1.54) is 10.4 Å². The number of hydrogen-bond acceptors (Lipinski definition) is 0. The molecule has 0 bridgehead atoms. The summed E-state index contributed by atoms with van der Waals surface area (Å²) in [5.41, 5.74) is 0. The third-order valence-electron chi connectivity index (χ3n) is 5.11. The second-order valence-corrected chi connectivity index (χ2v) is 17.9. The summed E-state index contributed by atoms with van der Waals surface area (Å²) in [6.45, 7) is 18.0. The van der Waals surface area contributed by atoms with Crippen molar-refractivity contribution in [3.63, 3.8) is 0 Å². The van der Waals surface area contributed by atoms with E-state index in [1.807, 2.05) is 0 Å². The molecule has 0 atom stereocenters. The normalized spacial score (nSPS) is 8.59. The Labute approximate surface area is 243 Å². The Kier molecular flexibility index (Phi) is 25.2. The summed E-state index contributed by atoms with van der Waals surface area (Å²) in [7, 11) is 0. The van der Waals surface area contributed by atoms with Gasteiger partial charge in [0.25, 0.3) is 0 Å². The number of hydrogen-bond donors (Lipinski definition) is 0. The SMILES string of the molecule is [C-]#[O+].[C-]#[O+].[C-]#[O+].[C-]#[O+].[W].c1ccc([AsH](CC[AsH](c2ccccc2)c2ccccc2)c2ccccc2)cc1. The minimum atomic E-state index is -1.55. The molecule has 4 aromatic carbocycles. The van der Waals surface area contributed by atoms with Crippen molar-refractivity contribution >= 4 is 46.7 Å². The third kappa shape index (κ3) is 13.1. The zero-order valence-corrected chi connectivity index (χ0v) is 27.1. The molecule has 7 heteroatoms. The Balaban J connectivity index is 0. The van der Waals surface area contributed by atoms with Crippen LogP contribution >= 0.6 is 0 Å². The van der Waals surface area contributed by atoms with Gasteiger partial charge >= 0.3 is 224 Å². The molecule has 0 aromatic heterocycles. The second kappa shape index (κ2) is 25.3. The van der Waals surface area contributed by atoms with Crippen LogP contribution in [-0.4, -0.2) is 29.3 Å². The summed E-state index contributed by atoms with van der Waals surface area (Å²) in [5, 5.41) is 2.71. The molecule has 0 N–H and O–H groups in total. The van der Waals surface area contributed by atoms with Gasteiger partial charge in [0.05, 0.1) is 0 Å². The average molecular weight is 784 g/mol. The first-order chi connectivity index (χ1) is 17.9. The fourth-order valence-electron chi connectivity index (χ4n) is 3.72. The molecule has 0 amide bonds. The fourth-order valence-corrected chi connectivity index (χ4v) is 19.0. The topological polar surface area (TPSA) is 79.6 Å². The van der Waals surface area contributed by atoms with Crippen LogP contribution in [0.4, 0.5) is 0 Å². The molecular formula is C30H26As2O4W. The first-order valence-corrected chi connectivity index (χ1v) is 17.8. The van der Waals surface area contributed by atoms with E-state index < -0.39 is 29.3 Å². The van der Waals surface area contributed by atoms with E-state index >= 15 is 0 Å². The Morgan fingerprint density at radius 3 is 0.676 bits per heavy atom. The van der Waals surface area contributed by atoms with Crippen LogP contribution in [0.1, 0.15) is 0 Å². The molecule has 186 valence electrons. The van der Waals surface area contributed by atoms with Crippen molar-refractivity contribution in [1.82, 2.24) is 0 Å². The predicted molar refractivity (Wildman–Crippen MR) is 144 cm³/mol. The summed E-state index contributed by atoms with van der Waals surface area (Å²) in [4.78, 5) is 0. The van der Waals surface area contributed by atoms with Crippen molar-refractivity contribution in [3.8, 4) is 0 Å². The summed E-state index contributed by atoms with van der Waals surface area (Å²) in [5.74, 6) is 0. The van der Waals surface area contributed by atoms with Crippen LogP contribution in [-0.2, 0) is 39.7 Å². The number of rotatable bonds is 7. The molecule has 4 nitrogen and oxygen atoms in total. The van der Waals surface area contributed by atoms with E-state index in [-0.39, 0.29) is 21.1 Å². The Morgan fingerprint density at radius 1 is 0.351 bits per heavy atom. The zero-order chi connectivity index (χ0) is 27.0. The van der Waals surface area contributed by atoms with Crippen LogP contribution in [0.25, 0.3) is 0 Å². The molecule has 0 heterocycles. The van der Waals surface area contributed by atoms with Gasteiger partial charge in [0.2, 0.25) is 0 Å². The molecule has 0 aliphatic carbocycles. The van der Waals surface area contributed by atoms with Gasteiger partial charge in [-0.2, -0.15) is 0 Å². The molecular weight excluding hydrogens is 758 g/mol. The maximum atomic E-state index is 7.50. The van der Waals surface area contributed by atoms with Crippen LogP contribution in [0.3, 0.4) is 0 Å². The van der Waals surface area contributed by atoms with Crippen molar-refractivity contribution in [2.24, 2.45) is 0 Å². The van der Waals surface area contributed by atoms with Crippen molar-refractivity contribution in [2.45, 2.75) is 10.4 Å². The van der Waals surface area contributed by atoms with Gasteiger partial charge in [-0.05, 0) is 0 Å². The Hall–Kier alpha value is -2.35. The van der Waals surface area contributed by atoms with Crippen molar-refractivity contribution < 1.29 is 39.7 Å². The van der Waals surface area contributed by atoms with E-state index in [9.17, 15) is 0 Å². The van der Waals surface area contributed by atoms with E-state index in [0.29, 0.717) is 0 Å². The van der Waals surface area contributed by atoms with Crippen LogP contribution < -0.4 is 17.4 Å². The van der Waals surface area contributed by atoms with Gasteiger partial charge in [-0.1, -0.05) is 0 Å². The maximum absolute atomic E-state index is 7.50. The first-order valence-electron chi connectivity index (χ1n) is 10.7. The third-order valence-corrected chi connectivity index (χ3v) is 19.1. The van der Waals surface area contributed by atoms with Gasteiger partial charge < -0.3 is 0 Å². The molecule has 4 aromatic rings. The van der Waals surface area contributed by atoms with Gasteiger partial charge in [0.1, 0.15) is 0 Å². The average Bonchev–Trinajstić information content (AvgIpc) is 3.01. The minimum absolute atomic E-state index is 0. The van der Waals surface area contributed by atoms with Crippen LogP contribution in [0.2, 0.25) is 10.4 Å². The summed E-state index contributed by atoms with van der Waals surface area (Å²) < 4.78 is 36.4. The molecule has 0 aliphatic rings. The van der Waals surface area contributed by atoms with Crippen molar-refractivity contribution in [3.05, 3.63) is 148 Å². The van der Waals surface area contributed by atoms with Crippen molar-refractivity contribution in [2.75, 3.05) is 0 Å². The van der Waals surface area contributed by atoms with Gasteiger partial charge in [-0.3, -0.25) is 0 Å². The standard InChI is InChI=1S/C26H26As2.4CO.W/c1-5-13-23(14-6-1)27(24-15-7-2-8-16-24)21-22-28(25-17-9-3-10-18-25)26-19-11-4-12-20-26;4*1-2;/h1-20,27-28H,21-22H2;;;;;. The molecule has 0 saturated heterocycles. The molecule has 0 spiro atoms. The molecule has 4 rings (SSSR count). The van der Waals surface area contributed by atoms with Gasteiger partial charge in [0.15, 0.2) is 0 Å². The van der Waals surface area contributed by atoms with E-state index in [4.69, 9.17) is 18.6 Å². The summed E-state index contributed by atoms with van der Waals surface area (Å²) in [6, 6.07) is 45.0. The molecule has 0 saturated carbocycles. The molecule has 0 fully saturated rings. The van der Waals surface area contributed by atoms with E-state index in [1.54, 1.807) is 17.4 Å². The van der Waals surface area contributed by atoms with Crippen molar-refractivity contribution in [1.29, 1.82) is 0 Å². The fraction of sp³-hybridized carbons (Fsp3) is 0.0667. The van der Waals surface area contributed by atoms with Gasteiger partial charge in [-0.15, -0.1) is 0 Å². The second-order valence-electron chi connectivity index (χ2n) is 6.92. The molecule has 37 heavy (non-hydrogen) atoms. The first kappa shape index (κ1) is 36.8. The van der Waals surface area contributed by atoms with Crippen LogP contribution in [0, 0.1) is 26.6 Å². The molecule has 0 aliphatic heterocycles. The van der Waals surface area contributed by atoms with Gasteiger partial charge in [-0.25, -0.2) is 0 Å². The van der Waals surface area contributed by atoms with Crippen LogP contribution in [0.5, 0.6) is 0 Å². The zero-order valence-electron chi connectivity index (χ0n) is 20.0. The molecule has 0 unspecified atom stereocenters. The Bertz CT molecular complexity index is 964. The number of benzene rings is 4. The quantitative estimate of drug-likeness (QED) is 0.157. The summed E-state index contributed by atoms with van der Waals surface area (Å²) >= 11 is -3.09. The molecule has 2 radical (unpaired) electrons. The van der Waals surface area contributed by atoms with Crippen LogP contribution in [0.15, 0.2) is 121 Å².